The van der Waals surface area contributed by atoms with Gasteiger partial charge in [0.1, 0.15) is 0 Å². The first kappa shape index (κ1) is 16.2. The Morgan fingerprint density at radius 3 is 2.48 bits per heavy atom. The van der Waals surface area contributed by atoms with Crippen LogP contribution in [0.25, 0.3) is 10.8 Å². The zero-order chi connectivity index (χ0) is 15.5. The molecule has 0 radical (unpaired) electrons. The fourth-order valence-electron chi connectivity index (χ4n) is 2.20. The third kappa shape index (κ3) is 3.74. The fraction of sp³-hybridized carbons (Fsp3) is 0.333. The Bertz CT molecular complexity index is 732. The van der Waals surface area contributed by atoms with Crippen LogP contribution in [0.5, 0.6) is 0 Å². The molecule has 2 aromatic rings. The van der Waals surface area contributed by atoms with E-state index < -0.39 is 10.0 Å². The Morgan fingerprint density at radius 2 is 1.81 bits per heavy atom. The highest BCUT2D eigenvalue weighted by Gasteiger charge is 2.18. The molecular weight excluding hydrogens is 308 g/mol. The molecular formula is C15H19ClN2O2S. The molecule has 0 amide bonds. The van der Waals surface area contributed by atoms with Gasteiger partial charge in [0.15, 0.2) is 0 Å². The van der Waals surface area contributed by atoms with Crippen molar-refractivity contribution in [3.63, 3.8) is 0 Å². The zero-order valence-electron chi connectivity index (χ0n) is 12.1. The molecule has 0 bridgehead atoms. The van der Waals surface area contributed by atoms with E-state index in [9.17, 15) is 8.42 Å². The molecule has 0 aliphatic carbocycles. The smallest absolute Gasteiger partial charge is 0.241 e. The second-order valence-corrected chi connectivity index (χ2v) is 7.04. The molecule has 6 heteroatoms. The van der Waals surface area contributed by atoms with Crippen LogP contribution in [-0.4, -0.2) is 27.5 Å². The monoisotopic (exact) mass is 326 g/mol. The third-order valence-corrected chi connectivity index (χ3v) is 5.06. The van der Waals surface area contributed by atoms with Crippen LogP contribution in [-0.2, 0) is 10.0 Å². The minimum atomic E-state index is -3.57. The van der Waals surface area contributed by atoms with E-state index in [0.29, 0.717) is 17.0 Å². The van der Waals surface area contributed by atoms with Crippen molar-refractivity contribution in [1.82, 2.24) is 10.0 Å². The molecule has 1 atom stereocenters. The van der Waals surface area contributed by atoms with Crippen LogP contribution in [0.1, 0.15) is 13.8 Å². The molecule has 0 aliphatic heterocycles. The van der Waals surface area contributed by atoms with Crippen molar-refractivity contribution in [3.8, 4) is 0 Å². The number of nitrogens with one attached hydrogen (secondary N) is 2. The highest BCUT2D eigenvalue weighted by Crippen LogP contribution is 2.28. The standard InChI is InChI=1S/C15H19ClN2O2S/c1-3-17-11(2)10-18-21(19,20)15-9-8-14(16)12-6-4-5-7-13(12)15/h4-9,11,17-18H,3,10H2,1-2H3/t11-/m1/s1. The maximum atomic E-state index is 12.5. The number of halogens is 1. The highest BCUT2D eigenvalue weighted by atomic mass is 35.5. The van der Waals surface area contributed by atoms with Gasteiger partial charge in [-0.1, -0.05) is 42.8 Å². The van der Waals surface area contributed by atoms with E-state index in [2.05, 4.69) is 10.0 Å². The minimum absolute atomic E-state index is 0.0725. The Hall–Kier alpha value is -1.14. The molecule has 2 aromatic carbocycles. The van der Waals surface area contributed by atoms with Crippen molar-refractivity contribution < 1.29 is 8.42 Å². The predicted molar refractivity (Wildman–Crippen MR) is 87.3 cm³/mol. The fourth-order valence-corrected chi connectivity index (χ4v) is 3.77. The van der Waals surface area contributed by atoms with Gasteiger partial charge in [-0.05, 0) is 25.6 Å². The molecule has 0 spiro atoms. The number of likely N-dealkylation sites (N-methyl/N-ethyl adjacent to an activating group) is 1. The summed E-state index contributed by atoms with van der Waals surface area (Å²) >= 11 is 6.12. The summed E-state index contributed by atoms with van der Waals surface area (Å²) in [4.78, 5) is 0.256. The van der Waals surface area contributed by atoms with Gasteiger partial charge >= 0.3 is 0 Å². The number of benzene rings is 2. The summed E-state index contributed by atoms with van der Waals surface area (Å²) < 4.78 is 27.6. The maximum absolute atomic E-state index is 12.5. The average Bonchev–Trinajstić information content (AvgIpc) is 2.46. The summed E-state index contributed by atoms with van der Waals surface area (Å²) in [6, 6.07) is 10.5. The lowest BCUT2D eigenvalue weighted by atomic mass is 10.1. The van der Waals surface area contributed by atoms with E-state index in [1.54, 1.807) is 24.3 Å². The number of rotatable bonds is 6. The molecule has 0 unspecified atom stereocenters. The normalized spacial score (nSPS) is 13.5. The van der Waals surface area contributed by atoms with Crippen LogP contribution in [0, 0.1) is 0 Å². The molecule has 0 heterocycles. The van der Waals surface area contributed by atoms with Crippen molar-refractivity contribution in [1.29, 1.82) is 0 Å². The van der Waals surface area contributed by atoms with Gasteiger partial charge in [0.05, 0.1) is 4.90 Å². The predicted octanol–water partition coefficient (Wildman–Crippen LogP) is 2.77. The van der Waals surface area contributed by atoms with Gasteiger partial charge in [-0.2, -0.15) is 0 Å². The van der Waals surface area contributed by atoms with Crippen LogP contribution in [0.4, 0.5) is 0 Å². The molecule has 114 valence electrons. The lowest BCUT2D eigenvalue weighted by molar-refractivity contribution is 0.536. The molecule has 0 aromatic heterocycles. The number of hydrogen-bond donors (Lipinski definition) is 2. The first-order chi connectivity index (χ1) is 9.95. The Balaban J connectivity index is 2.35. The SMILES string of the molecule is CCN[C@H](C)CNS(=O)(=O)c1ccc(Cl)c2ccccc12. The number of hydrogen-bond acceptors (Lipinski definition) is 3. The van der Waals surface area contributed by atoms with Crippen LogP contribution >= 0.6 is 11.6 Å². The van der Waals surface area contributed by atoms with Crippen molar-refractivity contribution in [2.24, 2.45) is 0 Å². The first-order valence-electron chi connectivity index (χ1n) is 6.86. The van der Waals surface area contributed by atoms with E-state index in [-0.39, 0.29) is 10.9 Å². The molecule has 0 saturated carbocycles. The summed E-state index contributed by atoms with van der Waals surface area (Å²) in [7, 11) is -3.57. The summed E-state index contributed by atoms with van der Waals surface area (Å²) in [6.07, 6.45) is 0. The first-order valence-corrected chi connectivity index (χ1v) is 8.72. The van der Waals surface area contributed by atoms with Crippen LogP contribution in [0.2, 0.25) is 5.02 Å². The van der Waals surface area contributed by atoms with Crippen molar-refractivity contribution >= 4 is 32.4 Å². The van der Waals surface area contributed by atoms with Gasteiger partial charge in [0, 0.05) is 28.4 Å². The molecule has 0 aliphatic rings. The number of sulfonamides is 1. The van der Waals surface area contributed by atoms with Gasteiger partial charge in [-0.3, -0.25) is 0 Å². The molecule has 0 fully saturated rings. The van der Waals surface area contributed by atoms with E-state index in [1.165, 1.54) is 0 Å². The molecule has 4 nitrogen and oxygen atoms in total. The van der Waals surface area contributed by atoms with E-state index in [0.717, 1.165) is 11.9 Å². The molecule has 2 rings (SSSR count). The largest absolute Gasteiger partial charge is 0.313 e. The topological polar surface area (TPSA) is 58.2 Å². The summed E-state index contributed by atoms with van der Waals surface area (Å²) in [5.74, 6) is 0. The van der Waals surface area contributed by atoms with Crippen molar-refractivity contribution in [3.05, 3.63) is 41.4 Å². The third-order valence-electron chi connectivity index (χ3n) is 3.25. The van der Waals surface area contributed by atoms with E-state index in [1.807, 2.05) is 26.0 Å². The average molecular weight is 327 g/mol. The van der Waals surface area contributed by atoms with Crippen LogP contribution in [0.15, 0.2) is 41.3 Å². The van der Waals surface area contributed by atoms with Gasteiger partial charge in [0.2, 0.25) is 10.0 Å². The van der Waals surface area contributed by atoms with Crippen molar-refractivity contribution in [2.75, 3.05) is 13.1 Å². The Labute approximate surface area is 130 Å². The number of fused-ring (bicyclic) bond motifs is 1. The van der Waals surface area contributed by atoms with Gasteiger partial charge in [-0.15, -0.1) is 0 Å². The summed E-state index contributed by atoms with van der Waals surface area (Å²) in [5.41, 5.74) is 0. The van der Waals surface area contributed by atoms with Crippen molar-refractivity contribution in [2.45, 2.75) is 24.8 Å². The molecule has 21 heavy (non-hydrogen) atoms. The maximum Gasteiger partial charge on any atom is 0.241 e. The lowest BCUT2D eigenvalue weighted by Gasteiger charge is -2.15. The molecule has 0 saturated heterocycles. The van der Waals surface area contributed by atoms with Gasteiger partial charge in [-0.25, -0.2) is 13.1 Å². The summed E-state index contributed by atoms with van der Waals surface area (Å²) in [5, 5.41) is 5.09. The van der Waals surface area contributed by atoms with Crippen LogP contribution < -0.4 is 10.0 Å². The zero-order valence-corrected chi connectivity index (χ0v) is 13.6. The second-order valence-electron chi connectivity index (χ2n) is 4.90. The molecule has 2 N–H and O–H groups in total. The van der Waals surface area contributed by atoms with Crippen LogP contribution in [0.3, 0.4) is 0 Å². The van der Waals surface area contributed by atoms with E-state index in [4.69, 9.17) is 11.6 Å². The lowest BCUT2D eigenvalue weighted by Crippen LogP contribution is -2.38. The summed E-state index contributed by atoms with van der Waals surface area (Å²) in [6.45, 7) is 5.06. The quantitative estimate of drug-likeness (QED) is 0.858. The van der Waals surface area contributed by atoms with Gasteiger partial charge < -0.3 is 5.32 Å². The van der Waals surface area contributed by atoms with Gasteiger partial charge in [0.25, 0.3) is 0 Å². The van der Waals surface area contributed by atoms with E-state index >= 15 is 0 Å². The Kier molecular flexibility index (Phi) is 5.22. The Morgan fingerprint density at radius 1 is 1.14 bits per heavy atom. The highest BCUT2D eigenvalue weighted by molar-refractivity contribution is 7.89. The minimum Gasteiger partial charge on any atom is -0.313 e. The second kappa shape index (κ2) is 6.75.